The number of aryl methyl sites for hydroxylation is 1. The van der Waals surface area contributed by atoms with E-state index in [9.17, 15) is 4.79 Å². The summed E-state index contributed by atoms with van der Waals surface area (Å²) in [5, 5.41) is 12.1. The number of benzene rings is 2. The quantitative estimate of drug-likeness (QED) is 0.667. The number of esters is 1. The Hall–Kier alpha value is -3.00. The van der Waals surface area contributed by atoms with E-state index in [0.29, 0.717) is 22.5 Å². The van der Waals surface area contributed by atoms with Crippen LogP contribution in [0.1, 0.15) is 21.5 Å². The molecule has 2 aromatic carbocycles. The van der Waals surface area contributed by atoms with Gasteiger partial charge < -0.3 is 15.8 Å². The summed E-state index contributed by atoms with van der Waals surface area (Å²) < 4.78 is 4.69. The molecule has 2 aromatic rings. The smallest absolute Gasteiger partial charge is 0.340 e. The van der Waals surface area contributed by atoms with Gasteiger partial charge in [0, 0.05) is 17.1 Å². The van der Waals surface area contributed by atoms with Crippen LogP contribution in [0.2, 0.25) is 0 Å². The number of rotatable bonds is 3. The van der Waals surface area contributed by atoms with Gasteiger partial charge in [0.25, 0.3) is 0 Å². The highest BCUT2D eigenvalue weighted by Crippen LogP contribution is 2.25. The number of ether oxygens (including phenoxy) is 1. The zero-order chi connectivity index (χ0) is 15.4. The molecule has 21 heavy (non-hydrogen) atoms. The summed E-state index contributed by atoms with van der Waals surface area (Å²) >= 11 is 0. The number of nitrogens with one attached hydrogen (secondary N) is 1. The molecule has 0 saturated carbocycles. The largest absolute Gasteiger partial charge is 0.465 e. The average Bonchev–Trinajstić information content (AvgIpc) is 2.50. The van der Waals surface area contributed by atoms with Crippen molar-refractivity contribution in [3.63, 3.8) is 0 Å². The molecule has 3 N–H and O–H groups in total. The molecule has 0 bridgehead atoms. The van der Waals surface area contributed by atoms with Gasteiger partial charge in [-0.15, -0.1) is 0 Å². The maximum atomic E-state index is 11.6. The summed E-state index contributed by atoms with van der Waals surface area (Å²) in [4.78, 5) is 11.6. The van der Waals surface area contributed by atoms with Crippen LogP contribution >= 0.6 is 0 Å². The Morgan fingerprint density at radius 3 is 2.71 bits per heavy atom. The van der Waals surface area contributed by atoms with Crippen LogP contribution in [0.15, 0.2) is 36.4 Å². The molecule has 0 fully saturated rings. The van der Waals surface area contributed by atoms with E-state index in [1.165, 1.54) is 7.11 Å². The van der Waals surface area contributed by atoms with Crippen LogP contribution in [-0.2, 0) is 4.74 Å². The zero-order valence-electron chi connectivity index (χ0n) is 11.8. The number of nitrogens with two attached hydrogens (primary N) is 1. The molecule has 0 aliphatic rings. The van der Waals surface area contributed by atoms with Gasteiger partial charge in [-0.3, -0.25) is 0 Å². The summed E-state index contributed by atoms with van der Waals surface area (Å²) in [5.41, 5.74) is 9.47. The van der Waals surface area contributed by atoms with E-state index in [-0.39, 0.29) is 0 Å². The van der Waals surface area contributed by atoms with E-state index in [2.05, 4.69) is 11.4 Å². The van der Waals surface area contributed by atoms with Gasteiger partial charge in [0.2, 0.25) is 0 Å². The van der Waals surface area contributed by atoms with E-state index in [0.717, 1.165) is 11.3 Å². The third kappa shape index (κ3) is 3.12. The second-order valence-corrected chi connectivity index (χ2v) is 4.56. The van der Waals surface area contributed by atoms with Crippen molar-refractivity contribution in [2.24, 2.45) is 0 Å². The average molecular weight is 281 g/mol. The van der Waals surface area contributed by atoms with Crippen LogP contribution in [0.25, 0.3) is 0 Å². The highest BCUT2D eigenvalue weighted by Gasteiger charge is 2.11. The standard InChI is InChI=1S/C16H15N3O2/c1-10-3-4-11(9-17)7-15(10)19-12-5-6-14(18)13(8-12)16(20)21-2/h3-8,19H,18H2,1-2H3. The number of nitriles is 1. The molecule has 0 atom stereocenters. The Balaban J connectivity index is 2.36. The van der Waals surface area contributed by atoms with Crippen molar-refractivity contribution in [3.8, 4) is 6.07 Å². The SMILES string of the molecule is COC(=O)c1cc(Nc2cc(C#N)ccc2C)ccc1N. The molecule has 5 heteroatoms. The van der Waals surface area contributed by atoms with E-state index in [4.69, 9.17) is 15.7 Å². The van der Waals surface area contributed by atoms with Gasteiger partial charge in [0.05, 0.1) is 24.3 Å². The maximum Gasteiger partial charge on any atom is 0.340 e. The van der Waals surface area contributed by atoms with Crippen molar-refractivity contribution in [1.82, 2.24) is 0 Å². The minimum atomic E-state index is -0.487. The topological polar surface area (TPSA) is 88.1 Å². The lowest BCUT2D eigenvalue weighted by Crippen LogP contribution is -2.06. The third-order valence-corrected chi connectivity index (χ3v) is 3.10. The minimum absolute atomic E-state index is 0.302. The van der Waals surface area contributed by atoms with Gasteiger partial charge in [-0.1, -0.05) is 6.07 Å². The lowest BCUT2D eigenvalue weighted by molar-refractivity contribution is 0.0602. The van der Waals surface area contributed by atoms with E-state index in [1.54, 1.807) is 30.3 Å². The van der Waals surface area contributed by atoms with Crippen LogP contribution in [-0.4, -0.2) is 13.1 Å². The van der Waals surface area contributed by atoms with Crippen LogP contribution in [0.4, 0.5) is 17.1 Å². The van der Waals surface area contributed by atoms with E-state index < -0.39 is 5.97 Å². The summed E-state index contributed by atoms with van der Waals surface area (Å²) in [6.45, 7) is 1.93. The first kappa shape index (κ1) is 14.4. The molecular formula is C16H15N3O2. The fraction of sp³-hybridized carbons (Fsp3) is 0.125. The Morgan fingerprint density at radius 2 is 2.05 bits per heavy atom. The van der Waals surface area contributed by atoms with Gasteiger partial charge in [-0.2, -0.15) is 5.26 Å². The fourth-order valence-electron chi connectivity index (χ4n) is 1.90. The molecule has 2 rings (SSSR count). The van der Waals surface area contributed by atoms with Gasteiger partial charge in [0.15, 0.2) is 0 Å². The molecule has 0 spiro atoms. The second kappa shape index (κ2) is 5.97. The van der Waals surface area contributed by atoms with E-state index >= 15 is 0 Å². The van der Waals surface area contributed by atoms with Crippen molar-refractivity contribution in [1.29, 1.82) is 5.26 Å². The first-order valence-electron chi connectivity index (χ1n) is 6.30. The first-order chi connectivity index (χ1) is 10.0. The predicted octanol–water partition coefficient (Wildman–Crippen LogP) is 2.98. The van der Waals surface area contributed by atoms with Gasteiger partial charge in [-0.25, -0.2) is 4.79 Å². The van der Waals surface area contributed by atoms with Crippen LogP contribution < -0.4 is 11.1 Å². The number of hydrogen-bond acceptors (Lipinski definition) is 5. The van der Waals surface area contributed by atoms with Crippen LogP contribution in [0, 0.1) is 18.3 Å². The maximum absolute atomic E-state index is 11.6. The number of nitrogen functional groups attached to an aromatic ring is 1. The summed E-state index contributed by atoms with van der Waals surface area (Å²) in [6.07, 6.45) is 0. The molecule has 0 saturated heterocycles. The number of hydrogen-bond donors (Lipinski definition) is 2. The summed E-state index contributed by atoms with van der Waals surface area (Å²) in [6, 6.07) is 12.5. The highest BCUT2D eigenvalue weighted by atomic mass is 16.5. The van der Waals surface area contributed by atoms with Crippen molar-refractivity contribution in [2.75, 3.05) is 18.2 Å². The summed E-state index contributed by atoms with van der Waals surface area (Å²) in [7, 11) is 1.31. The van der Waals surface area contributed by atoms with Gasteiger partial charge in [0.1, 0.15) is 0 Å². The third-order valence-electron chi connectivity index (χ3n) is 3.10. The number of carbonyl (C=O) groups is 1. The van der Waals surface area contributed by atoms with Gasteiger partial charge >= 0.3 is 5.97 Å². The fourth-order valence-corrected chi connectivity index (χ4v) is 1.90. The normalized spacial score (nSPS) is 9.76. The molecule has 0 amide bonds. The molecule has 0 aliphatic heterocycles. The zero-order valence-corrected chi connectivity index (χ0v) is 11.8. The Kier molecular flexibility index (Phi) is 4.10. The lowest BCUT2D eigenvalue weighted by Gasteiger charge is -2.12. The first-order valence-corrected chi connectivity index (χ1v) is 6.30. The molecule has 106 valence electrons. The number of nitrogens with zero attached hydrogens (tertiary/aromatic N) is 1. The number of methoxy groups -OCH3 is 1. The van der Waals surface area contributed by atoms with Crippen molar-refractivity contribution in [2.45, 2.75) is 6.92 Å². The van der Waals surface area contributed by atoms with Crippen molar-refractivity contribution in [3.05, 3.63) is 53.1 Å². The molecule has 5 nitrogen and oxygen atoms in total. The van der Waals surface area contributed by atoms with Crippen LogP contribution in [0.3, 0.4) is 0 Å². The number of carbonyl (C=O) groups excluding carboxylic acids is 1. The van der Waals surface area contributed by atoms with Gasteiger partial charge in [-0.05, 0) is 42.8 Å². The molecule has 0 aromatic heterocycles. The molecule has 0 aliphatic carbocycles. The molecule has 0 heterocycles. The van der Waals surface area contributed by atoms with Crippen LogP contribution in [0.5, 0.6) is 0 Å². The Labute approximate surface area is 123 Å². The van der Waals surface area contributed by atoms with E-state index in [1.807, 2.05) is 13.0 Å². The monoisotopic (exact) mass is 281 g/mol. The molecule has 0 radical (unpaired) electrons. The second-order valence-electron chi connectivity index (χ2n) is 4.56. The van der Waals surface area contributed by atoms with Crippen molar-refractivity contribution >= 4 is 23.0 Å². The minimum Gasteiger partial charge on any atom is -0.465 e. The lowest BCUT2D eigenvalue weighted by atomic mass is 10.1. The molecule has 0 unspecified atom stereocenters. The number of anilines is 3. The highest BCUT2D eigenvalue weighted by molar-refractivity contribution is 5.96. The van der Waals surface area contributed by atoms with Crippen molar-refractivity contribution < 1.29 is 9.53 Å². The Morgan fingerprint density at radius 1 is 1.29 bits per heavy atom. The predicted molar refractivity (Wildman–Crippen MR) is 81.4 cm³/mol. The Bertz CT molecular complexity index is 733. The summed E-state index contributed by atoms with van der Waals surface area (Å²) in [5.74, 6) is -0.487. The molecular weight excluding hydrogens is 266 g/mol.